The minimum Gasteiger partial charge on any atom is -0.547 e. The van der Waals surface area contributed by atoms with Crippen molar-refractivity contribution in [2.45, 2.75) is 30.7 Å². The molecule has 1 aliphatic rings. The van der Waals surface area contributed by atoms with Crippen LogP contribution in [0.2, 0.25) is 0 Å². The van der Waals surface area contributed by atoms with Crippen molar-refractivity contribution in [3.8, 4) is 5.75 Å². The fraction of sp³-hybridized carbons (Fsp3) is 0.333. The number of aliphatic hydroxyl groups excluding tert-OH is 3. The number of carbonyl (C=O) groups is 1. The molecular formula is C15H14NNaO7. The van der Waals surface area contributed by atoms with Crippen LogP contribution < -0.4 is 39.4 Å². The van der Waals surface area contributed by atoms with Crippen molar-refractivity contribution < 1.29 is 64.3 Å². The first-order chi connectivity index (χ1) is 11.0. The van der Waals surface area contributed by atoms with E-state index in [2.05, 4.69) is 4.98 Å². The molecule has 0 spiro atoms. The molecule has 1 aliphatic heterocycles. The topological polar surface area (TPSA) is 132 Å². The zero-order chi connectivity index (χ0) is 16.6. The summed E-state index contributed by atoms with van der Waals surface area (Å²) in [5.74, 6) is -1.47. The number of rotatable bonds is 3. The van der Waals surface area contributed by atoms with Crippen molar-refractivity contribution in [2.75, 3.05) is 0 Å². The fourth-order valence-corrected chi connectivity index (χ4v) is 2.44. The summed E-state index contributed by atoms with van der Waals surface area (Å²) in [6.07, 6.45) is -6.97. The number of fused-ring (bicyclic) bond motifs is 1. The van der Waals surface area contributed by atoms with Gasteiger partial charge in [0.25, 0.3) is 0 Å². The summed E-state index contributed by atoms with van der Waals surface area (Å²) >= 11 is 0. The molecule has 0 saturated carbocycles. The zero-order valence-corrected chi connectivity index (χ0v) is 14.8. The van der Waals surface area contributed by atoms with E-state index in [1.54, 1.807) is 36.5 Å². The Labute approximate surface area is 158 Å². The Bertz CT molecular complexity index is 723. The van der Waals surface area contributed by atoms with E-state index in [0.29, 0.717) is 5.52 Å². The second kappa shape index (κ2) is 7.75. The minimum absolute atomic E-state index is 0. The Balaban J connectivity index is 0.00000208. The van der Waals surface area contributed by atoms with Crippen LogP contribution in [0.1, 0.15) is 0 Å². The summed E-state index contributed by atoms with van der Waals surface area (Å²) in [5, 5.41) is 41.1. The number of carbonyl (C=O) groups excluding carboxylic acids is 1. The molecule has 5 atom stereocenters. The van der Waals surface area contributed by atoms with Gasteiger partial charge in [-0.2, -0.15) is 0 Å². The first-order valence-electron chi connectivity index (χ1n) is 6.90. The van der Waals surface area contributed by atoms with Crippen molar-refractivity contribution in [2.24, 2.45) is 0 Å². The molecule has 1 fully saturated rings. The number of aliphatic carboxylic acids is 1. The van der Waals surface area contributed by atoms with Gasteiger partial charge in [0.05, 0.1) is 5.97 Å². The molecule has 2 heterocycles. The largest absolute Gasteiger partial charge is 1.00 e. The third-order valence-corrected chi connectivity index (χ3v) is 3.64. The summed E-state index contributed by atoms with van der Waals surface area (Å²) < 4.78 is 10.5. The normalized spacial score (nSPS) is 29.7. The monoisotopic (exact) mass is 343 g/mol. The second-order valence-corrected chi connectivity index (χ2v) is 5.17. The Morgan fingerprint density at radius 3 is 2.54 bits per heavy atom. The molecule has 1 saturated heterocycles. The molecule has 9 heteroatoms. The summed E-state index contributed by atoms with van der Waals surface area (Å²) in [6, 6.07) is 8.60. The summed E-state index contributed by atoms with van der Waals surface area (Å²) in [6.45, 7) is 0. The molecule has 0 unspecified atom stereocenters. The molecule has 24 heavy (non-hydrogen) atoms. The van der Waals surface area contributed by atoms with Gasteiger partial charge in [-0.3, -0.25) is 4.98 Å². The third-order valence-electron chi connectivity index (χ3n) is 3.64. The molecule has 0 radical (unpaired) electrons. The number of carboxylic acid groups (broad SMARTS) is 1. The molecule has 122 valence electrons. The Kier molecular flexibility index (Phi) is 6.16. The number of pyridine rings is 1. The van der Waals surface area contributed by atoms with Gasteiger partial charge in [-0.1, -0.05) is 18.2 Å². The number of nitrogens with zero attached hydrogens (tertiary/aromatic N) is 1. The third kappa shape index (κ3) is 3.55. The minimum atomic E-state index is -1.82. The van der Waals surface area contributed by atoms with Gasteiger partial charge in [0.1, 0.15) is 35.7 Å². The first-order valence-corrected chi connectivity index (χ1v) is 6.90. The van der Waals surface area contributed by atoms with Crippen LogP contribution in [0.3, 0.4) is 0 Å². The van der Waals surface area contributed by atoms with Gasteiger partial charge in [-0.15, -0.1) is 0 Å². The second-order valence-electron chi connectivity index (χ2n) is 5.17. The van der Waals surface area contributed by atoms with Gasteiger partial charge in [-0.25, -0.2) is 0 Å². The fourth-order valence-electron chi connectivity index (χ4n) is 2.44. The maximum absolute atomic E-state index is 11.0. The number of carboxylic acids is 1. The van der Waals surface area contributed by atoms with E-state index in [9.17, 15) is 25.2 Å². The number of ether oxygens (including phenoxy) is 2. The van der Waals surface area contributed by atoms with Gasteiger partial charge in [0.2, 0.25) is 6.29 Å². The summed E-state index contributed by atoms with van der Waals surface area (Å²) in [7, 11) is 0. The van der Waals surface area contributed by atoms with E-state index in [4.69, 9.17) is 9.47 Å². The average Bonchev–Trinajstić information content (AvgIpc) is 2.55. The number of hydrogen-bond acceptors (Lipinski definition) is 8. The van der Waals surface area contributed by atoms with Gasteiger partial charge < -0.3 is 34.7 Å². The Hall–Kier alpha value is -1.26. The number of benzene rings is 1. The van der Waals surface area contributed by atoms with Crippen LogP contribution in [0.4, 0.5) is 0 Å². The molecule has 1 aromatic carbocycles. The molecule has 8 nitrogen and oxygen atoms in total. The van der Waals surface area contributed by atoms with E-state index in [1.807, 2.05) is 0 Å². The van der Waals surface area contributed by atoms with Gasteiger partial charge in [-0.05, 0) is 12.1 Å². The van der Waals surface area contributed by atoms with Crippen molar-refractivity contribution in [3.63, 3.8) is 0 Å². The molecule has 2 aromatic rings. The molecule has 1 aromatic heterocycles. The molecular weight excluding hydrogens is 329 g/mol. The van der Waals surface area contributed by atoms with Crippen LogP contribution in [-0.4, -0.2) is 57.0 Å². The van der Waals surface area contributed by atoms with E-state index in [0.717, 1.165) is 5.39 Å². The SMILES string of the molecule is O=C([O-])[C@H]1O[C@@H](Oc2cccc3cccnc23)[C@H](O)[C@@H](O)[C@@H]1O.[Na+]. The van der Waals surface area contributed by atoms with E-state index in [1.165, 1.54) is 0 Å². The predicted octanol–water partition coefficient (Wildman–Crippen LogP) is -4.82. The van der Waals surface area contributed by atoms with Crippen LogP contribution in [-0.2, 0) is 9.53 Å². The van der Waals surface area contributed by atoms with Crippen LogP contribution in [0.5, 0.6) is 5.75 Å². The molecule has 0 bridgehead atoms. The smallest absolute Gasteiger partial charge is 0.547 e. The van der Waals surface area contributed by atoms with Crippen LogP contribution >= 0.6 is 0 Å². The Morgan fingerprint density at radius 1 is 1.12 bits per heavy atom. The van der Waals surface area contributed by atoms with Crippen LogP contribution in [0.15, 0.2) is 36.5 Å². The number of hydrogen-bond donors (Lipinski definition) is 3. The van der Waals surface area contributed by atoms with Crippen molar-refractivity contribution >= 4 is 16.9 Å². The van der Waals surface area contributed by atoms with Crippen LogP contribution in [0.25, 0.3) is 10.9 Å². The maximum atomic E-state index is 11.0. The molecule has 3 rings (SSSR count). The van der Waals surface area contributed by atoms with Gasteiger partial charge >= 0.3 is 29.6 Å². The number of aliphatic hydroxyl groups is 3. The van der Waals surface area contributed by atoms with E-state index in [-0.39, 0.29) is 35.3 Å². The number of aromatic nitrogens is 1. The van der Waals surface area contributed by atoms with Crippen molar-refractivity contribution in [1.82, 2.24) is 4.98 Å². The van der Waals surface area contributed by atoms with Gasteiger partial charge in [0.15, 0.2) is 0 Å². The van der Waals surface area contributed by atoms with Crippen LogP contribution in [0, 0.1) is 0 Å². The molecule has 0 aliphatic carbocycles. The average molecular weight is 343 g/mol. The van der Waals surface area contributed by atoms with Gasteiger partial charge in [0, 0.05) is 11.6 Å². The zero-order valence-electron chi connectivity index (χ0n) is 12.8. The summed E-state index contributed by atoms with van der Waals surface area (Å²) in [4.78, 5) is 15.1. The molecule has 0 amide bonds. The standard InChI is InChI=1S/C15H15NO7.Na/c17-10-11(18)13(14(20)21)23-15(12(10)19)22-8-5-1-3-7-4-2-6-16-9(7)8;/h1-6,10-13,15,17-19H,(H,20,21);/q;+1/p-1/t10-,11-,12+,13-,15+;/m0./s1. The maximum Gasteiger partial charge on any atom is 1.00 e. The van der Waals surface area contributed by atoms with E-state index < -0.39 is 36.7 Å². The predicted molar refractivity (Wildman–Crippen MR) is 74.1 cm³/mol. The van der Waals surface area contributed by atoms with Crippen molar-refractivity contribution in [3.05, 3.63) is 36.5 Å². The molecule has 3 N–H and O–H groups in total. The Morgan fingerprint density at radius 2 is 1.83 bits per heavy atom. The first kappa shape index (κ1) is 19.1. The van der Waals surface area contributed by atoms with Crippen molar-refractivity contribution in [1.29, 1.82) is 0 Å². The number of para-hydroxylation sites is 1. The summed E-state index contributed by atoms with van der Waals surface area (Å²) in [5.41, 5.74) is 0.483. The van der Waals surface area contributed by atoms with E-state index >= 15 is 0 Å². The quantitative estimate of drug-likeness (QED) is 0.473.